The third-order valence-electron chi connectivity index (χ3n) is 4.66. The highest BCUT2D eigenvalue weighted by molar-refractivity contribution is 7.18. The lowest BCUT2D eigenvalue weighted by molar-refractivity contribution is -0.145. The zero-order chi connectivity index (χ0) is 21.8. The van der Waals surface area contributed by atoms with Crippen LogP contribution < -0.4 is 5.56 Å². The monoisotopic (exact) mass is 437 g/mol. The molecule has 0 saturated heterocycles. The number of methoxy groups -OCH3 is 1. The normalized spacial score (nSPS) is 11.0. The Morgan fingerprint density at radius 3 is 2.74 bits per heavy atom. The maximum atomic E-state index is 12.2. The number of hydrogen-bond acceptors (Lipinski definition) is 8. The number of para-hydroxylation sites is 1. The van der Waals surface area contributed by atoms with Crippen molar-refractivity contribution in [3.05, 3.63) is 69.2 Å². The van der Waals surface area contributed by atoms with Crippen LogP contribution in [-0.4, -0.2) is 34.0 Å². The molecule has 0 unspecified atom stereocenters. The Labute approximate surface area is 180 Å². The third-order valence-corrected chi connectivity index (χ3v) is 5.75. The summed E-state index contributed by atoms with van der Waals surface area (Å²) in [6, 6.07) is 12.4. The van der Waals surface area contributed by atoms with Gasteiger partial charge in [0.05, 0.1) is 38.8 Å². The summed E-state index contributed by atoms with van der Waals surface area (Å²) < 4.78 is 11.1. The van der Waals surface area contributed by atoms with E-state index in [0.717, 1.165) is 15.2 Å². The summed E-state index contributed by atoms with van der Waals surface area (Å²) in [5.41, 5.74) is 1.20. The van der Waals surface area contributed by atoms with Gasteiger partial charge < -0.3 is 14.5 Å². The van der Waals surface area contributed by atoms with Gasteiger partial charge in [0.2, 0.25) is 0 Å². The molecule has 4 aromatic rings. The molecule has 0 aliphatic heterocycles. The Balaban J connectivity index is 1.34. The summed E-state index contributed by atoms with van der Waals surface area (Å²) >= 11 is 1.62. The minimum Gasteiger partial charge on any atom is -0.465 e. The van der Waals surface area contributed by atoms with E-state index in [1.54, 1.807) is 11.3 Å². The number of rotatable bonds is 7. The maximum Gasteiger partial charge on any atom is 0.337 e. The fourth-order valence-corrected chi connectivity index (χ4v) is 4.14. The van der Waals surface area contributed by atoms with Gasteiger partial charge in [0.25, 0.3) is 5.56 Å². The van der Waals surface area contributed by atoms with Gasteiger partial charge in [-0.25, -0.2) is 14.8 Å². The number of nitrogens with zero attached hydrogens (tertiary/aromatic N) is 2. The number of carbonyl (C=O) groups is 2. The predicted octanol–water partition coefficient (Wildman–Crippen LogP) is 3.39. The molecule has 0 atom stereocenters. The zero-order valence-corrected chi connectivity index (χ0v) is 17.5. The number of ether oxygens (including phenoxy) is 2. The van der Waals surface area contributed by atoms with Crippen LogP contribution in [0.25, 0.3) is 21.1 Å². The van der Waals surface area contributed by atoms with Gasteiger partial charge in [-0.3, -0.25) is 9.59 Å². The van der Waals surface area contributed by atoms with Crippen LogP contribution in [0.4, 0.5) is 0 Å². The molecule has 31 heavy (non-hydrogen) atoms. The van der Waals surface area contributed by atoms with E-state index in [2.05, 4.69) is 19.7 Å². The summed E-state index contributed by atoms with van der Waals surface area (Å²) in [5.74, 6) is -0.698. The van der Waals surface area contributed by atoms with Crippen molar-refractivity contribution in [3.8, 4) is 0 Å². The zero-order valence-electron chi connectivity index (χ0n) is 16.7. The average Bonchev–Trinajstić information content (AvgIpc) is 3.19. The van der Waals surface area contributed by atoms with Gasteiger partial charge in [-0.2, -0.15) is 0 Å². The summed E-state index contributed by atoms with van der Waals surface area (Å²) in [5, 5.41) is 1.31. The molecule has 0 saturated carbocycles. The van der Waals surface area contributed by atoms with Crippen molar-refractivity contribution in [2.75, 3.05) is 7.11 Å². The summed E-state index contributed by atoms with van der Waals surface area (Å²) in [6.07, 6.45) is 1.54. The molecule has 0 aliphatic rings. The highest BCUT2D eigenvalue weighted by Gasteiger charge is 2.12. The number of aromatic amines is 1. The molecule has 2 aromatic carbocycles. The number of esters is 2. The molecule has 9 heteroatoms. The van der Waals surface area contributed by atoms with Gasteiger partial charge in [-0.05, 0) is 43.2 Å². The van der Waals surface area contributed by atoms with E-state index in [9.17, 15) is 14.4 Å². The molecule has 0 aliphatic carbocycles. The van der Waals surface area contributed by atoms with Crippen LogP contribution in [0, 0.1) is 0 Å². The molecule has 8 nitrogen and oxygen atoms in total. The first-order valence-electron chi connectivity index (χ1n) is 9.65. The summed E-state index contributed by atoms with van der Waals surface area (Å²) in [6.45, 7) is -0.159. The molecule has 2 aromatic heterocycles. The van der Waals surface area contributed by atoms with E-state index in [-0.39, 0.29) is 35.9 Å². The van der Waals surface area contributed by atoms with Crippen molar-refractivity contribution in [2.45, 2.75) is 25.9 Å². The van der Waals surface area contributed by atoms with Crippen LogP contribution in [0.1, 0.15) is 34.0 Å². The molecular weight excluding hydrogens is 418 g/mol. The van der Waals surface area contributed by atoms with Gasteiger partial charge in [0.15, 0.2) is 0 Å². The molecule has 0 fully saturated rings. The fraction of sp³-hybridized carbons (Fsp3) is 0.227. The number of H-pyrrole nitrogens is 1. The minimum atomic E-state index is -0.523. The molecule has 0 bridgehead atoms. The first-order valence-corrected chi connectivity index (χ1v) is 10.5. The van der Waals surface area contributed by atoms with Crippen LogP contribution in [-0.2, 0) is 27.3 Å². The third kappa shape index (κ3) is 4.77. The van der Waals surface area contributed by atoms with Crippen molar-refractivity contribution >= 4 is 44.4 Å². The first kappa shape index (κ1) is 20.7. The topological polar surface area (TPSA) is 111 Å². The quantitative estimate of drug-likeness (QED) is 0.441. The number of fused-ring (bicyclic) bond motifs is 2. The van der Waals surface area contributed by atoms with Gasteiger partial charge in [-0.1, -0.05) is 12.1 Å². The molecule has 4 rings (SSSR count). The van der Waals surface area contributed by atoms with E-state index in [1.165, 1.54) is 25.3 Å². The lowest BCUT2D eigenvalue weighted by Crippen LogP contribution is -2.15. The van der Waals surface area contributed by atoms with E-state index in [0.29, 0.717) is 23.7 Å². The van der Waals surface area contributed by atoms with Crippen LogP contribution in [0.15, 0.2) is 47.3 Å². The molecule has 0 spiro atoms. The molecule has 2 heterocycles. The Morgan fingerprint density at radius 2 is 1.94 bits per heavy atom. The minimum absolute atomic E-state index is 0.159. The van der Waals surface area contributed by atoms with E-state index >= 15 is 0 Å². The van der Waals surface area contributed by atoms with Gasteiger partial charge >= 0.3 is 11.9 Å². The van der Waals surface area contributed by atoms with Crippen molar-refractivity contribution in [1.82, 2.24) is 15.0 Å². The van der Waals surface area contributed by atoms with E-state index in [1.807, 2.05) is 24.3 Å². The lowest BCUT2D eigenvalue weighted by atomic mass is 10.1. The Morgan fingerprint density at radius 1 is 1.10 bits per heavy atom. The Kier molecular flexibility index (Phi) is 6.03. The lowest BCUT2D eigenvalue weighted by Gasteiger charge is -2.06. The molecule has 0 radical (unpaired) electrons. The van der Waals surface area contributed by atoms with Gasteiger partial charge in [0.1, 0.15) is 12.4 Å². The number of hydrogen-bond donors (Lipinski definition) is 1. The molecule has 1 N–H and O–H groups in total. The number of aryl methyl sites for hydroxylation is 1. The van der Waals surface area contributed by atoms with Crippen molar-refractivity contribution in [3.63, 3.8) is 0 Å². The van der Waals surface area contributed by atoms with Crippen molar-refractivity contribution in [2.24, 2.45) is 0 Å². The van der Waals surface area contributed by atoms with E-state index < -0.39 is 5.97 Å². The Hall–Kier alpha value is -3.59. The van der Waals surface area contributed by atoms with Crippen LogP contribution in [0.2, 0.25) is 0 Å². The number of benzene rings is 2. The Bertz CT molecular complexity index is 1290. The summed E-state index contributed by atoms with van der Waals surface area (Å²) in [7, 11) is 1.28. The standard InChI is InChI=1S/C22H19N3O5S/c1-29-22(28)13-9-10-14-16(11-13)23-18(25-21(14)27)12-30-20(26)8-4-7-19-24-15-5-2-3-6-17(15)31-19/h2-3,5-6,9-11H,4,7-8,12H2,1H3,(H,23,25,27). The van der Waals surface area contributed by atoms with Crippen LogP contribution in [0.3, 0.4) is 0 Å². The number of thiazole rings is 1. The largest absolute Gasteiger partial charge is 0.465 e. The van der Waals surface area contributed by atoms with Crippen LogP contribution >= 0.6 is 11.3 Å². The second kappa shape index (κ2) is 9.05. The maximum absolute atomic E-state index is 12.2. The second-order valence-corrected chi connectivity index (χ2v) is 7.94. The van der Waals surface area contributed by atoms with E-state index in [4.69, 9.17) is 4.74 Å². The summed E-state index contributed by atoms with van der Waals surface area (Å²) in [4.78, 5) is 47.5. The highest BCUT2D eigenvalue weighted by Crippen LogP contribution is 2.22. The first-order chi connectivity index (χ1) is 15.0. The predicted molar refractivity (Wildman–Crippen MR) is 116 cm³/mol. The molecular formula is C22H19N3O5S. The number of aromatic nitrogens is 3. The molecule has 0 amide bonds. The van der Waals surface area contributed by atoms with Crippen molar-refractivity contribution in [1.29, 1.82) is 0 Å². The highest BCUT2D eigenvalue weighted by atomic mass is 32.1. The van der Waals surface area contributed by atoms with Gasteiger partial charge in [0, 0.05) is 6.42 Å². The number of carbonyl (C=O) groups excluding carboxylic acids is 2. The number of nitrogens with one attached hydrogen (secondary N) is 1. The fourth-order valence-electron chi connectivity index (χ4n) is 3.13. The smallest absolute Gasteiger partial charge is 0.337 e. The molecule has 158 valence electrons. The van der Waals surface area contributed by atoms with Crippen LogP contribution in [0.5, 0.6) is 0 Å². The van der Waals surface area contributed by atoms with Gasteiger partial charge in [-0.15, -0.1) is 11.3 Å². The van der Waals surface area contributed by atoms with Crippen molar-refractivity contribution < 1.29 is 19.1 Å². The second-order valence-electron chi connectivity index (χ2n) is 6.83. The average molecular weight is 437 g/mol. The SMILES string of the molecule is COC(=O)c1ccc2c(=O)[nH]c(COC(=O)CCCc3nc4ccccc4s3)nc2c1.